The van der Waals surface area contributed by atoms with Crippen LogP contribution in [-0.4, -0.2) is 32.1 Å². The average molecular weight is 152 g/mol. The highest BCUT2D eigenvalue weighted by atomic mass is 15.1. The summed E-state index contributed by atoms with van der Waals surface area (Å²) in [5.74, 6) is 0. The van der Waals surface area contributed by atoms with E-state index in [0.717, 1.165) is 25.2 Å². The van der Waals surface area contributed by atoms with E-state index in [2.05, 4.69) is 29.9 Å². The molecule has 0 aromatic rings. The molecule has 62 valence electrons. The Morgan fingerprint density at radius 3 is 2.91 bits per heavy atom. The monoisotopic (exact) mass is 152 g/mol. The third-order valence-corrected chi connectivity index (χ3v) is 2.10. The van der Waals surface area contributed by atoms with Crippen LogP contribution in [0.2, 0.25) is 0 Å². The quantitative estimate of drug-likeness (QED) is 0.634. The summed E-state index contributed by atoms with van der Waals surface area (Å²) < 4.78 is 0. The lowest BCUT2D eigenvalue weighted by molar-refractivity contribution is 0.360. The first-order valence-corrected chi connectivity index (χ1v) is 3.98. The molecule has 1 aliphatic rings. The molecule has 0 saturated heterocycles. The van der Waals surface area contributed by atoms with Crippen molar-refractivity contribution < 1.29 is 0 Å². The summed E-state index contributed by atoms with van der Waals surface area (Å²) in [5.41, 5.74) is 2.43. The molecule has 0 unspecified atom stereocenters. The van der Waals surface area contributed by atoms with Gasteiger partial charge in [0, 0.05) is 25.8 Å². The average Bonchev–Trinajstić information content (AvgIpc) is 2.05. The Balaban J connectivity index is 2.54. The lowest BCUT2D eigenvalue weighted by atomic mass is 10.1. The molecule has 0 amide bonds. The number of nitrogens with zero attached hydrogens (tertiary/aromatic N) is 1. The topological polar surface area (TPSA) is 15.3 Å². The number of hydrogen-bond donors (Lipinski definition) is 1. The second-order valence-corrected chi connectivity index (χ2v) is 2.97. The molecular formula is C9H16N2. The molecule has 2 heteroatoms. The molecule has 1 aliphatic heterocycles. The smallest absolute Gasteiger partial charge is 0.0294 e. The van der Waals surface area contributed by atoms with E-state index in [1.807, 2.05) is 7.05 Å². The van der Waals surface area contributed by atoms with Crippen molar-refractivity contribution >= 4 is 0 Å². The minimum Gasteiger partial charge on any atom is -0.388 e. The molecule has 0 aliphatic carbocycles. The van der Waals surface area contributed by atoms with Crippen molar-refractivity contribution in [2.75, 3.05) is 27.2 Å². The molecule has 0 aromatic heterocycles. The van der Waals surface area contributed by atoms with Gasteiger partial charge in [0.2, 0.25) is 0 Å². The highest BCUT2D eigenvalue weighted by Crippen LogP contribution is 2.13. The van der Waals surface area contributed by atoms with Crippen LogP contribution in [0.1, 0.15) is 6.42 Å². The molecule has 0 saturated carbocycles. The van der Waals surface area contributed by atoms with Crippen LogP contribution in [-0.2, 0) is 0 Å². The zero-order chi connectivity index (χ0) is 8.27. The highest BCUT2D eigenvalue weighted by Gasteiger charge is 2.08. The van der Waals surface area contributed by atoms with Gasteiger partial charge in [0.15, 0.2) is 0 Å². The van der Waals surface area contributed by atoms with Gasteiger partial charge in [-0.25, -0.2) is 0 Å². The maximum absolute atomic E-state index is 3.92. The fourth-order valence-corrected chi connectivity index (χ4v) is 1.21. The van der Waals surface area contributed by atoms with Gasteiger partial charge >= 0.3 is 0 Å². The second kappa shape index (κ2) is 3.58. The number of rotatable bonds is 2. The first-order valence-electron chi connectivity index (χ1n) is 3.98. The minimum atomic E-state index is 1.05. The number of nitrogens with one attached hydrogen (secondary N) is 1. The van der Waals surface area contributed by atoms with E-state index in [1.165, 1.54) is 5.57 Å². The van der Waals surface area contributed by atoms with Crippen molar-refractivity contribution in [3.63, 3.8) is 0 Å². The van der Waals surface area contributed by atoms with Gasteiger partial charge in [0.25, 0.3) is 0 Å². The zero-order valence-electron chi connectivity index (χ0n) is 7.35. The minimum absolute atomic E-state index is 1.05. The molecule has 1 heterocycles. The first-order chi connectivity index (χ1) is 5.24. The molecular weight excluding hydrogens is 136 g/mol. The van der Waals surface area contributed by atoms with Crippen molar-refractivity contribution in [1.82, 2.24) is 10.2 Å². The molecule has 0 fully saturated rings. The van der Waals surface area contributed by atoms with Crippen LogP contribution in [0.4, 0.5) is 0 Å². The Morgan fingerprint density at radius 1 is 1.73 bits per heavy atom. The summed E-state index contributed by atoms with van der Waals surface area (Å²) in [4.78, 5) is 2.30. The Labute approximate surface area is 68.6 Å². The van der Waals surface area contributed by atoms with Gasteiger partial charge < -0.3 is 10.2 Å². The second-order valence-electron chi connectivity index (χ2n) is 2.97. The fourth-order valence-electron chi connectivity index (χ4n) is 1.21. The summed E-state index contributed by atoms with van der Waals surface area (Å²) in [5, 5.41) is 3.07. The number of likely N-dealkylation sites (N-methyl/N-ethyl adjacent to an activating group) is 2. The van der Waals surface area contributed by atoms with Crippen LogP contribution < -0.4 is 5.32 Å². The van der Waals surface area contributed by atoms with Gasteiger partial charge in [0.05, 0.1) is 0 Å². The van der Waals surface area contributed by atoms with Crippen LogP contribution in [0.25, 0.3) is 0 Å². The Bertz CT molecular complexity index is 182. The molecule has 0 radical (unpaired) electrons. The third-order valence-electron chi connectivity index (χ3n) is 2.10. The summed E-state index contributed by atoms with van der Waals surface area (Å²) in [6, 6.07) is 0. The highest BCUT2D eigenvalue weighted by molar-refractivity contribution is 5.28. The van der Waals surface area contributed by atoms with Crippen molar-refractivity contribution in [2.24, 2.45) is 0 Å². The molecule has 1 N–H and O–H groups in total. The van der Waals surface area contributed by atoms with Crippen molar-refractivity contribution in [3.8, 4) is 0 Å². The molecule has 0 spiro atoms. The molecule has 0 atom stereocenters. The van der Waals surface area contributed by atoms with E-state index in [-0.39, 0.29) is 0 Å². The summed E-state index contributed by atoms with van der Waals surface area (Å²) in [6.07, 6.45) is 3.36. The number of allylic oxidation sites excluding steroid dienone is 1. The van der Waals surface area contributed by atoms with Gasteiger partial charge in [-0.05, 0) is 19.0 Å². The van der Waals surface area contributed by atoms with Gasteiger partial charge in [-0.15, -0.1) is 0 Å². The Hall–Kier alpha value is -0.760. The van der Waals surface area contributed by atoms with E-state index in [4.69, 9.17) is 0 Å². The predicted octanol–water partition coefficient (Wildman–Crippen LogP) is 0.981. The van der Waals surface area contributed by atoms with E-state index >= 15 is 0 Å². The van der Waals surface area contributed by atoms with E-state index < -0.39 is 0 Å². The molecule has 2 nitrogen and oxygen atoms in total. The lowest BCUT2D eigenvalue weighted by Crippen LogP contribution is -2.25. The number of hydrogen-bond acceptors (Lipinski definition) is 2. The fraction of sp³-hybridized carbons (Fsp3) is 0.556. The first kappa shape index (κ1) is 8.34. The summed E-state index contributed by atoms with van der Waals surface area (Å²) >= 11 is 0. The summed E-state index contributed by atoms with van der Waals surface area (Å²) in [6.45, 7) is 6.12. The van der Waals surface area contributed by atoms with Gasteiger partial charge in [0.1, 0.15) is 0 Å². The van der Waals surface area contributed by atoms with E-state index in [9.17, 15) is 0 Å². The van der Waals surface area contributed by atoms with Gasteiger partial charge in [-0.1, -0.05) is 12.7 Å². The molecule has 0 bridgehead atoms. The van der Waals surface area contributed by atoms with Crippen molar-refractivity contribution in [3.05, 3.63) is 23.9 Å². The van der Waals surface area contributed by atoms with E-state index in [1.54, 1.807) is 0 Å². The molecule has 1 rings (SSSR count). The zero-order valence-corrected chi connectivity index (χ0v) is 7.35. The van der Waals surface area contributed by atoms with Crippen LogP contribution in [0.3, 0.4) is 0 Å². The van der Waals surface area contributed by atoms with Crippen LogP contribution >= 0.6 is 0 Å². The normalized spacial score (nSPS) is 19.3. The standard InChI is InChI=1S/C9H16N2/c1-8(10-2)9-4-6-11(3)7-5-9/h4,10H,1,5-7H2,2-3H3. The van der Waals surface area contributed by atoms with Crippen molar-refractivity contribution in [1.29, 1.82) is 0 Å². The van der Waals surface area contributed by atoms with Gasteiger partial charge in [-0.2, -0.15) is 0 Å². The SMILES string of the molecule is C=C(NC)C1=CCN(C)CC1. The van der Waals surface area contributed by atoms with Crippen LogP contribution in [0.5, 0.6) is 0 Å². The lowest BCUT2D eigenvalue weighted by Gasteiger charge is -2.22. The van der Waals surface area contributed by atoms with E-state index in [0.29, 0.717) is 0 Å². The Kier molecular flexibility index (Phi) is 2.71. The van der Waals surface area contributed by atoms with Crippen molar-refractivity contribution in [2.45, 2.75) is 6.42 Å². The largest absolute Gasteiger partial charge is 0.388 e. The molecule has 11 heavy (non-hydrogen) atoms. The van der Waals surface area contributed by atoms with Crippen LogP contribution in [0, 0.1) is 0 Å². The van der Waals surface area contributed by atoms with Gasteiger partial charge in [-0.3, -0.25) is 0 Å². The molecule has 0 aromatic carbocycles. The predicted molar refractivity (Wildman–Crippen MR) is 48.4 cm³/mol. The maximum Gasteiger partial charge on any atom is 0.0294 e. The van der Waals surface area contributed by atoms with Crippen LogP contribution in [0.15, 0.2) is 23.9 Å². The maximum atomic E-state index is 3.92. The Morgan fingerprint density at radius 2 is 2.45 bits per heavy atom. The summed E-state index contributed by atoms with van der Waals surface area (Å²) in [7, 11) is 4.05. The third kappa shape index (κ3) is 2.09.